The molecule has 0 aliphatic heterocycles. The molecule has 0 unspecified atom stereocenters. The first-order valence-electron chi connectivity index (χ1n) is 3.88. The van der Waals surface area contributed by atoms with Crippen LogP contribution >= 0.6 is 0 Å². The molecule has 0 atom stereocenters. The largest absolute Gasteiger partial charge is 0.403 e. The minimum atomic E-state index is 0.800. The van der Waals surface area contributed by atoms with Gasteiger partial charge in [-0.15, -0.1) is 0 Å². The quantitative estimate of drug-likeness (QED) is 0.487. The van der Waals surface area contributed by atoms with E-state index in [1.54, 1.807) is 0 Å². The fourth-order valence-corrected chi connectivity index (χ4v) is 0.623. The monoisotopic (exact) mass is 152 g/mol. The van der Waals surface area contributed by atoms with Crippen LogP contribution < -0.4 is 5.73 Å². The third-order valence-corrected chi connectivity index (χ3v) is 1.36. The molecule has 0 rings (SSSR count). The molecule has 0 aromatic heterocycles. The zero-order chi connectivity index (χ0) is 8.69. The van der Waals surface area contributed by atoms with Crippen LogP contribution in [0.2, 0.25) is 0 Å². The van der Waals surface area contributed by atoms with E-state index in [0.717, 1.165) is 24.1 Å². The van der Waals surface area contributed by atoms with Gasteiger partial charge in [-0.05, 0) is 18.4 Å². The number of nitrogens with zero attached hydrogens (tertiary/aromatic N) is 1. The second-order valence-electron chi connectivity index (χ2n) is 2.23. The molecule has 0 saturated heterocycles. The molecule has 0 aliphatic rings. The molecular formula is C9H16N2. The second-order valence-corrected chi connectivity index (χ2v) is 2.23. The van der Waals surface area contributed by atoms with E-state index in [1.807, 2.05) is 20.1 Å². The highest BCUT2D eigenvalue weighted by atomic mass is 14.8. The van der Waals surface area contributed by atoms with Gasteiger partial charge in [0.25, 0.3) is 0 Å². The van der Waals surface area contributed by atoms with Gasteiger partial charge in [-0.25, -0.2) is 0 Å². The van der Waals surface area contributed by atoms with Crippen LogP contribution in [0.4, 0.5) is 0 Å². The number of nitrogens with two attached hydrogens (primary N) is 1. The summed E-state index contributed by atoms with van der Waals surface area (Å²) in [4.78, 5) is 4.14. The van der Waals surface area contributed by atoms with Crippen LogP contribution in [-0.2, 0) is 0 Å². The summed E-state index contributed by atoms with van der Waals surface area (Å²) in [6, 6.07) is 0. The van der Waals surface area contributed by atoms with E-state index in [9.17, 15) is 0 Å². The van der Waals surface area contributed by atoms with Crippen molar-refractivity contribution in [3.63, 3.8) is 0 Å². The van der Waals surface area contributed by atoms with Gasteiger partial charge in [-0.3, -0.25) is 4.99 Å². The molecule has 0 spiro atoms. The minimum absolute atomic E-state index is 0.800. The predicted molar refractivity (Wildman–Crippen MR) is 50.5 cm³/mol. The number of hydrogen-bond acceptors (Lipinski definition) is 2. The highest BCUT2D eigenvalue weighted by Gasteiger charge is 1.94. The Balaban J connectivity index is 4.19. The third-order valence-electron chi connectivity index (χ3n) is 1.36. The Hall–Kier alpha value is -1.05. The van der Waals surface area contributed by atoms with Gasteiger partial charge in [0, 0.05) is 12.4 Å². The van der Waals surface area contributed by atoms with Crippen LogP contribution in [0.15, 0.2) is 29.0 Å². The lowest BCUT2D eigenvalue weighted by atomic mass is 10.2. The maximum Gasteiger partial charge on any atom is 0.0806 e. The van der Waals surface area contributed by atoms with E-state index < -0.39 is 0 Å². The van der Waals surface area contributed by atoms with Crippen molar-refractivity contribution in [3.8, 4) is 0 Å². The van der Waals surface area contributed by atoms with Crippen molar-refractivity contribution in [2.45, 2.75) is 26.7 Å². The van der Waals surface area contributed by atoms with Crippen molar-refractivity contribution in [1.29, 1.82) is 0 Å². The normalized spacial score (nSPS) is 12.4. The van der Waals surface area contributed by atoms with Gasteiger partial charge in [-0.2, -0.15) is 0 Å². The zero-order valence-electron chi connectivity index (χ0n) is 7.30. The van der Waals surface area contributed by atoms with Crippen molar-refractivity contribution < 1.29 is 0 Å². The summed E-state index contributed by atoms with van der Waals surface area (Å²) in [5.41, 5.74) is 7.14. The van der Waals surface area contributed by atoms with Crippen LogP contribution in [0.5, 0.6) is 0 Å². The van der Waals surface area contributed by atoms with Crippen LogP contribution in [0.25, 0.3) is 0 Å². The average Bonchev–Trinajstić information content (AvgIpc) is 2.05. The van der Waals surface area contributed by atoms with Crippen LogP contribution in [0.3, 0.4) is 0 Å². The summed E-state index contributed by atoms with van der Waals surface area (Å²) in [5.74, 6) is 0. The van der Waals surface area contributed by atoms with Crippen molar-refractivity contribution in [3.05, 3.63) is 24.0 Å². The molecule has 2 heteroatoms. The van der Waals surface area contributed by atoms with E-state index in [-0.39, 0.29) is 0 Å². The van der Waals surface area contributed by atoms with Crippen LogP contribution in [0, 0.1) is 0 Å². The summed E-state index contributed by atoms with van der Waals surface area (Å²) in [6.07, 6.45) is 5.15. The summed E-state index contributed by atoms with van der Waals surface area (Å²) in [5, 5.41) is 0. The summed E-state index contributed by atoms with van der Waals surface area (Å²) < 4.78 is 0. The van der Waals surface area contributed by atoms with E-state index >= 15 is 0 Å². The maximum absolute atomic E-state index is 5.35. The van der Waals surface area contributed by atoms with Gasteiger partial charge in [-0.1, -0.05) is 20.4 Å². The number of allylic oxidation sites excluding steroid dienone is 1. The molecule has 0 aromatic rings. The predicted octanol–water partition coefficient (Wildman–Crippen LogP) is 2.23. The molecule has 11 heavy (non-hydrogen) atoms. The highest BCUT2D eigenvalue weighted by Crippen LogP contribution is 2.10. The molecule has 2 N–H and O–H groups in total. The first-order chi connectivity index (χ1) is 5.26. The molecule has 0 fully saturated rings. The van der Waals surface area contributed by atoms with Gasteiger partial charge in [0.15, 0.2) is 0 Å². The minimum Gasteiger partial charge on any atom is -0.403 e. The lowest BCUT2D eigenvalue weighted by molar-refractivity contribution is 1.09. The highest BCUT2D eigenvalue weighted by molar-refractivity contribution is 5.59. The second kappa shape index (κ2) is 5.71. The zero-order valence-corrected chi connectivity index (χ0v) is 7.30. The van der Waals surface area contributed by atoms with Gasteiger partial charge in [0.1, 0.15) is 0 Å². The van der Waals surface area contributed by atoms with Gasteiger partial charge >= 0.3 is 0 Å². The van der Waals surface area contributed by atoms with Crippen molar-refractivity contribution in [1.82, 2.24) is 0 Å². The number of aliphatic imine (C=N–C) groups is 1. The van der Waals surface area contributed by atoms with Gasteiger partial charge < -0.3 is 5.73 Å². The van der Waals surface area contributed by atoms with Crippen molar-refractivity contribution in [2.75, 3.05) is 0 Å². The molecule has 0 radical (unpaired) electrons. The summed E-state index contributed by atoms with van der Waals surface area (Å²) in [6.45, 7) is 7.90. The Labute approximate surface area is 68.5 Å². The first-order valence-corrected chi connectivity index (χ1v) is 3.88. The van der Waals surface area contributed by atoms with Crippen LogP contribution in [-0.4, -0.2) is 6.21 Å². The molecule has 0 aromatic carbocycles. The Kier molecular flexibility index (Phi) is 5.17. The average molecular weight is 152 g/mol. The topological polar surface area (TPSA) is 38.4 Å². The Morgan fingerprint density at radius 2 is 2.18 bits per heavy atom. The molecule has 2 nitrogen and oxygen atoms in total. The molecule has 0 heterocycles. The van der Waals surface area contributed by atoms with Crippen molar-refractivity contribution >= 4 is 6.21 Å². The molecule has 0 saturated carbocycles. The fourth-order valence-electron chi connectivity index (χ4n) is 0.623. The molecule has 0 amide bonds. The molecule has 62 valence electrons. The standard InChI is InChI=1S/C9H16N2/c1-4-6-11-9(7-10)8(3)5-2/h6-7H,3-5,10H2,1-2H3/b9-7-,11-6?. The third kappa shape index (κ3) is 3.61. The Morgan fingerprint density at radius 1 is 1.55 bits per heavy atom. The SMILES string of the molecule is C=C(CC)/C(=C/N)N=CCC. The van der Waals surface area contributed by atoms with E-state index in [2.05, 4.69) is 11.6 Å². The van der Waals surface area contributed by atoms with E-state index in [0.29, 0.717) is 0 Å². The maximum atomic E-state index is 5.35. The molecule has 0 bridgehead atoms. The molecular weight excluding hydrogens is 136 g/mol. The van der Waals surface area contributed by atoms with E-state index in [1.165, 1.54) is 6.20 Å². The summed E-state index contributed by atoms with van der Waals surface area (Å²) in [7, 11) is 0. The van der Waals surface area contributed by atoms with Crippen LogP contribution in [0.1, 0.15) is 26.7 Å². The summed E-state index contributed by atoms with van der Waals surface area (Å²) >= 11 is 0. The number of hydrogen-bond donors (Lipinski definition) is 1. The van der Waals surface area contributed by atoms with Gasteiger partial charge in [0.05, 0.1) is 5.70 Å². The van der Waals surface area contributed by atoms with E-state index in [4.69, 9.17) is 5.73 Å². The Morgan fingerprint density at radius 3 is 2.55 bits per heavy atom. The first kappa shape index (κ1) is 9.95. The molecule has 0 aliphatic carbocycles. The van der Waals surface area contributed by atoms with Gasteiger partial charge in [0.2, 0.25) is 0 Å². The smallest absolute Gasteiger partial charge is 0.0806 e. The lowest BCUT2D eigenvalue weighted by Gasteiger charge is -2.00. The van der Waals surface area contributed by atoms with Crippen molar-refractivity contribution in [2.24, 2.45) is 10.7 Å². The lowest BCUT2D eigenvalue weighted by Crippen LogP contribution is -1.89. The Bertz CT molecular complexity index is 178. The number of rotatable bonds is 4. The fraction of sp³-hybridized carbons (Fsp3) is 0.444.